The summed E-state index contributed by atoms with van der Waals surface area (Å²) in [4.78, 5) is 0.00144. The van der Waals surface area contributed by atoms with Gasteiger partial charge in [-0.3, -0.25) is 5.43 Å². The smallest absolute Gasteiger partial charge is 0.256 e. The van der Waals surface area contributed by atoms with Crippen LogP contribution in [0.2, 0.25) is 0 Å². The van der Waals surface area contributed by atoms with E-state index < -0.39 is 5.79 Å². The molecule has 0 aliphatic carbocycles. The highest BCUT2D eigenvalue weighted by atomic mass is 32.1. The zero-order valence-electron chi connectivity index (χ0n) is 5.58. The van der Waals surface area contributed by atoms with Gasteiger partial charge in [0.25, 0.3) is 5.79 Å². The summed E-state index contributed by atoms with van der Waals surface area (Å²) in [7, 11) is 0. The van der Waals surface area contributed by atoms with Crippen LogP contribution < -0.4 is 5.43 Å². The maximum atomic E-state index is 13.3. The number of alkyl halides is 1. The van der Waals surface area contributed by atoms with Gasteiger partial charge >= 0.3 is 0 Å². The second kappa shape index (κ2) is 3.19. The first-order valence-corrected chi connectivity index (χ1v) is 3.43. The minimum absolute atomic E-state index is 0.00144. The number of hydrogen-bond donors (Lipinski definition) is 3. The Morgan fingerprint density at radius 3 is 3.09 bits per heavy atom. The molecule has 2 N–H and O–H groups in total. The maximum Gasteiger partial charge on any atom is 0.256 e. The number of thiol groups is 1. The van der Waals surface area contributed by atoms with Gasteiger partial charge in [-0.15, -0.1) is 17.7 Å². The van der Waals surface area contributed by atoms with Gasteiger partial charge in [-0.2, -0.15) is 0 Å². The van der Waals surface area contributed by atoms with Gasteiger partial charge in [-0.25, -0.2) is 4.39 Å². The molecule has 61 valence electrons. The molecular formula is C5H7FN3OS. The highest BCUT2D eigenvalue weighted by Crippen LogP contribution is 2.31. The lowest BCUT2D eigenvalue weighted by Gasteiger charge is -2.20. The Balaban J connectivity index is 2.73. The number of rotatable bonds is 2. The Bertz CT molecular complexity index is 208. The second-order valence-electron chi connectivity index (χ2n) is 2.02. The fraction of sp³-hybridized carbons (Fsp3) is 0.600. The lowest BCUT2D eigenvalue weighted by atomic mass is 10.2. The van der Waals surface area contributed by atoms with E-state index in [0.717, 1.165) is 0 Å². The molecule has 0 bridgehead atoms. The normalized spacial score (nSPS) is 29.5. The summed E-state index contributed by atoms with van der Waals surface area (Å²) in [5, 5.41) is 14.9. The molecule has 1 aliphatic heterocycles. The molecule has 6 heteroatoms. The van der Waals surface area contributed by atoms with Crippen molar-refractivity contribution in [2.45, 2.75) is 12.2 Å². The molecular weight excluding hydrogens is 169 g/mol. The van der Waals surface area contributed by atoms with Gasteiger partial charge in [0.15, 0.2) is 0 Å². The fourth-order valence-corrected chi connectivity index (χ4v) is 0.848. The first-order chi connectivity index (χ1) is 5.19. The van der Waals surface area contributed by atoms with Crippen molar-refractivity contribution in [2.24, 2.45) is 10.3 Å². The van der Waals surface area contributed by atoms with E-state index in [0.29, 0.717) is 0 Å². The Morgan fingerprint density at radius 2 is 2.55 bits per heavy atom. The topological polar surface area (TPSA) is 57.0 Å². The summed E-state index contributed by atoms with van der Waals surface area (Å²) in [6, 6.07) is 0. The van der Waals surface area contributed by atoms with Gasteiger partial charge in [0.2, 0.25) is 0 Å². The first kappa shape index (κ1) is 8.48. The predicted molar refractivity (Wildman–Crippen MR) is 39.3 cm³/mol. The number of aliphatic hydroxyl groups excluding tert-OH is 1. The molecule has 0 amide bonds. The first-order valence-electron chi connectivity index (χ1n) is 2.98. The molecule has 1 aliphatic rings. The van der Waals surface area contributed by atoms with E-state index in [1.54, 1.807) is 0 Å². The van der Waals surface area contributed by atoms with Crippen LogP contribution >= 0.6 is 12.6 Å². The quantitative estimate of drug-likeness (QED) is 0.426. The average Bonchev–Trinajstić information content (AvgIpc) is 1.96. The van der Waals surface area contributed by atoms with Crippen LogP contribution in [0.1, 0.15) is 6.42 Å². The van der Waals surface area contributed by atoms with Crippen LogP contribution in [0, 0.1) is 6.20 Å². The summed E-state index contributed by atoms with van der Waals surface area (Å²) in [6.07, 6.45) is 2.19. The molecule has 0 aromatic carbocycles. The fourth-order valence-electron chi connectivity index (χ4n) is 0.642. The highest BCUT2D eigenvalue weighted by molar-refractivity contribution is 7.84. The third-order valence-corrected chi connectivity index (χ3v) is 1.69. The average molecular weight is 176 g/mol. The Morgan fingerprint density at radius 1 is 1.82 bits per heavy atom. The Labute approximate surface area is 68.6 Å². The van der Waals surface area contributed by atoms with E-state index in [1.165, 1.54) is 0 Å². The molecule has 1 unspecified atom stereocenters. The molecule has 1 atom stereocenters. The standard InChI is InChI=1S/C5H7FN3OS/c6-5(1-2-10)4(11)3-7-9-8-5/h10-11H,1-2H2,(H,7,8). The summed E-state index contributed by atoms with van der Waals surface area (Å²) in [5.74, 6) is -2.00. The molecule has 0 aromatic heterocycles. The van der Waals surface area contributed by atoms with Crippen molar-refractivity contribution in [3.8, 4) is 0 Å². The van der Waals surface area contributed by atoms with Gasteiger partial charge in [0.05, 0.1) is 11.1 Å². The van der Waals surface area contributed by atoms with Crippen LogP contribution in [0.15, 0.2) is 15.2 Å². The van der Waals surface area contributed by atoms with Gasteiger partial charge in [-0.1, -0.05) is 5.22 Å². The number of aliphatic hydroxyl groups is 1. The molecule has 0 spiro atoms. The number of nitrogens with one attached hydrogen (secondary N) is 1. The van der Waals surface area contributed by atoms with Crippen molar-refractivity contribution in [3.05, 3.63) is 11.1 Å². The van der Waals surface area contributed by atoms with Crippen molar-refractivity contribution in [1.82, 2.24) is 5.43 Å². The number of nitrogens with zero attached hydrogens (tertiary/aromatic N) is 2. The lowest BCUT2D eigenvalue weighted by Crippen LogP contribution is -2.26. The van der Waals surface area contributed by atoms with Crippen molar-refractivity contribution in [1.29, 1.82) is 0 Å². The van der Waals surface area contributed by atoms with Crippen LogP contribution in [-0.4, -0.2) is 17.5 Å². The van der Waals surface area contributed by atoms with Crippen LogP contribution in [0.3, 0.4) is 0 Å². The van der Waals surface area contributed by atoms with Crippen LogP contribution in [0.25, 0.3) is 0 Å². The molecule has 0 aromatic rings. The third-order valence-electron chi connectivity index (χ3n) is 1.24. The summed E-state index contributed by atoms with van der Waals surface area (Å²) < 4.78 is 13.3. The van der Waals surface area contributed by atoms with Crippen molar-refractivity contribution in [2.75, 3.05) is 6.61 Å². The Kier molecular flexibility index (Phi) is 2.45. The second-order valence-corrected chi connectivity index (χ2v) is 2.47. The zero-order valence-corrected chi connectivity index (χ0v) is 6.48. The third kappa shape index (κ3) is 1.69. The van der Waals surface area contributed by atoms with E-state index in [-0.39, 0.29) is 17.9 Å². The van der Waals surface area contributed by atoms with E-state index in [2.05, 4.69) is 34.6 Å². The zero-order chi connectivity index (χ0) is 8.32. The SMILES string of the molecule is OCCC1(F)N=NN[C]=C1S. The monoisotopic (exact) mass is 176 g/mol. The van der Waals surface area contributed by atoms with Gasteiger partial charge in [-0.05, 0) is 0 Å². The molecule has 1 radical (unpaired) electrons. The van der Waals surface area contributed by atoms with E-state index in [9.17, 15) is 4.39 Å². The minimum Gasteiger partial charge on any atom is -0.396 e. The van der Waals surface area contributed by atoms with E-state index in [1.807, 2.05) is 0 Å². The molecule has 11 heavy (non-hydrogen) atoms. The van der Waals surface area contributed by atoms with Crippen LogP contribution in [0.4, 0.5) is 4.39 Å². The van der Waals surface area contributed by atoms with Crippen molar-refractivity contribution < 1.29 is 9.50 Å². The molecule has 0 fully saturated rings. The van der Waals surface area contributed by atoms with Crippen molar-refractivity contribution in [3.63, 3.8) is 0 Å². The van der Waals surface area contributed by atoms with E-state index in [4.69, 9.17) is 5.11 Å². The Hall–Kier alpha value is -0.620. The molecule has 4 nitrogen and oxygen atoms in total. The predicted octanol–water partition coefficient (Wildman–Crippen LogP) is 0.579. The van der Waals surface area contributed by atoms with E-state index >= 15 is 0 Å². The van der Waals surface area contributed by atoms with Gasteiger partial charge in [0, 0.05) is 13.0 Å². The summed E-state index contributed by atoms with van der Waals surface area (Å²) in [6.45, 7) is -0.304. The minimum atomic E-state index is -2.00. The number of halogens is 1. The van der Waals surface area contributed by atoms with Gasteiger partial charge in [0.1, 0.15) is 0 Å². The summed E-state index contributed by atoms with van der Waals surface area (Å²) >= 11 is 3.78. The highest BCUT2D eigenvalue weighted by Gasteiger charge is 2.34. The molecule has 0 saturated carbocycles. The van der Waals surface area contributed by atoms with Crippen LogP contribution in [-0.2, 0) is 0 Å². The largest absolute Gasteiger partial charge is 0.396 e. The lowest BCUT2D eigenvalue weighted by molar-refractivity contribution is 0.151. The molecule has 1 heterocycles. The number of hydrogen-bond acceptors (Lipinski definition) is 5. The maximum absolute atomic E-state index is 13.3. The van der Waals surface area contributed by atoms with Gasteiger partial charge < -0.3 is 5.11 Å². The summed E-state index contributed by atoms with van der Waals surface area (Å²) in [5.41, 5.74) is 2.22. The van der Waals surface area contributed by atoms with Crippen LogP contribution in [0.5, 0.6) is 0 Å². The van der Waals surface area contributed by atoms with Crippen molar-refractivity contribution >= 4 is 12.6 Å². The molecule has 0 saturated heterocycles. The molecule has 1 rings (SSSR count).